The van der Waals surface area contributed by atoms with Gasteiger partial charge >= 0.3 is 0 Å². The maximum Gasteiger partial charge on any atom is 0.267 e. The van der Waals surface area contributed by atoms with Crippen LogP contribution in [0.15, 0.2) is 30.3 Å². The van der Waals surface area contributed by atoms with E-state index in [9.17, 15) is 9.59 Å². The molecule has 2 aromatic carbocycles. The predicted octanol–water partition coefficient (Wildman–Crippen LogP) is 5.50. The molecular weight excluding hydrogens is 382 g/mol. The Hall–Kier alpha value is -2.99. The summed E-state index contributed by atoms with van der Waals surface area (Å²) in [5, 5.41) is 6.22. The number of aryl methyl sites for hydroxylation is 6. The summed E-state index contributed by atoms with van der Waals surface area (Å²) in [5.41, 5.74) is 7.21. The quantitative estimate of drug-likeness (QED) is 0.600. The lowest BCUT2D eigenvalue weighted by Crippen LogP contribution is -2.13. The molecule has 2 N–H and O–H groups in total. The number of carbonyl (C=O) groups is 2. The summed E-state index contributed by atoms with van der Waals surface area (Å²) in [5.74, 6) is -0.454. The van der Waals surface area contributed by atoms with Gasteiger partial charge in [0.25, 0.3) is 11.8 Å². The Morgan fingerprint density at radius 1 is 0.759 bits per heavy atom. The van der Waals surface area contributed by atoms with E-state index in [1.54, 1.807) is 6.92 Å². The summed E-state index contributed by atoms with van der Waals surface area (Å²) in [4.78, 5) is 30.3. The van der Waals surface area contributed by atoms with Crippen LogP contribution in [-0.2, 0) is 0 Å². The molecule has 3 aromatic rings. The van der Waals surface area contributed by atoms with Crippen molar-refractivity contribution in [3.05, 3.63) is 74.3 Å². The maximum atomic E-state index is 12.8. The fourth-order valence-corrected chi connectivity index (χ4v) is 4.34. The van der Waals surface area contributed by atoms with Gasteiger partial charge in [0.05, 0.1) is 5.69 Å². The van der Waals surface area contributed by atoms with Gasteiger partial charge in [-0.1, -0.05) is 46.2 Å². The molecule has 5 nitrogen and oxygen atoms in total. The molecule has 0 spiro atoms. The summed E-state index contributed by atoms with van der Waals surface area (Å²) in [6.07, 6.45) is 0. The average molecular weight is 408 g/mol. The first-order chi connectivity index (χ1) is 13.6. The van der Waals surface area contributed by atoms with E-state index in [4.69, 9.17) is 0 Å². The second-order valence-corrected chi connectivity index (χ2v) is 8.49. The van der Waals surface area contributed by atoms with Gasteiger partial charge < -0.3 is 5.32 Å². The van der Waals surface area contributed by atoms with Crippen molar-refractivity contribution in [2.45, 2.75) is 41.5 Å². The van der Waals surface area contributed by atoms with Gasteiger partial charge in [-0.2, -0.15) is 0 Å². The number of thiazole rings is 1. The molecule has 0 saturated heterocycles. The van der Waals surface area contributed by atoms with Crippen LogP contribution in [0.3, 0.4) is 0 Å². The van der Waals surface area contributed by atoms with Gasteiger partial charge in [-0.05, 0) is 64.8 Å². The Morgan fingerprint density at radius 2 is 1.31 bits per heavy atom. The van der Waals surface area contributed by atoms with E-state index in [2.05, 4.69) is 15.6 Å². The van der Waals surface area contributed by atoms with E-state index in [0.29, 0.717) is 21.3 Å². The average Bonchev–Trinajstić information content (AvgIpc) is 2.97. The van der Waals surface area contributed by atoms with Gasteiger partial charge in [0, 0.05) is 11.3 Å². The van der Waals surface area contributed by atoms with Crippen LogP contribution in [0.5, 0.6) is 0 Å². The highest BCUT2D eigenvalue weighted by atomic mass is 32.1. The van der Waals surface area contributed by atoms with Gasteiger partial charge in [-0.15, -0.1) is 0 Å². The molecule has 0 radical (unpaired) electrons. The molecule has 3 rings (SSSR count). The van der Waals surface area contributed by atoms with E-state index in [0.717, 1.165) is 33.5 Å². The minimum Gasteiger partial charge on any atom is -0.321 e. The van der Waals surface area contributed by atoms with Crippen molar-refractivity contribution in [1.29, 1.82) is 0 Å². The molecule has 1 heterocycles. The third-order valence-corrected chi connectivity index (χ3v) is 5.69. The molecule has 6 heteroatoms. The van der Waals surface area contributed by atoms with Crippen LogP contribution < -0.4 is 10.6 Å². The fraction of sp³-hybridized carbons (Fsp3) is 0.261. The first-order valence-electron chi connectivity index (χ1n) is 9.40. The van der Waals surface area contributed by atoms with E-state index >= 15 is 0 Å². The van der Waals surface area contributed by atoms with Crippen molar-refractivity contribution in [3.63, 3.8) is 0 Å². The van der Waals surface area contributed by atoms with Gasteiger partial charge in [-0.25, -0.2) is 4.98 Å². The highest BCUT2D eigenvalue weighted by molar-refractivity contribution is 7.17. The lowest BCUT2D eigenvalue weighted by Gasteiger charge is -2.12. The number of amides is 2. The zero-order valence-corrected chi connectivity index (χ0v) is 18.4. The molecule has 0 fully saturated rings. The molecule has 0 bridgehead atoms. The number of aromatic nitrogens is 1. The number of anilines is 2. The van der Waals surface area contributed by atoms with Gasteiger partial charge in [0.1, 0.15) is 4.88 Å². The summed E-state index contributed by atoms with van der Waals surface area (Å²) in [6.45, 7) is 11.7. The number of hydrogen-bond acceptors (Lipinski definition) is 4. The number of nitrogens with one attached hydrogen (secondary N) is 2. The third-order valence-electron chi connectivity index (χ3n) is 4.62. The monoisotopic (exact) mass is 407 g/mol. The number of hydrogen-bond donors (Lipinski definition) is 2. The van der Waals surface area contributed by atoms with Crippen molar-refractivity contribution in [1.82, 2.24) is 4.98 Å². The number of rotatable bonds is 4. The van der Waals surface area contributed by atoms with Crippen molar-refractivity contribution in [2.24, 2.45) is 0 Å². The maximum absolute atomic E-state index is 12.8. The molecule has 29 heavy (non-hydrogen) atoms. The van der Waals surface area contributed by atoms with Crippen LogP contribution >= 0.6 is 11.3 Å². The number of benzene rings is 2. The van der Waals surface area contributed by atoms with Crippen LogP contribution in [-0.4, -0.2) is 16.8 Å². The van der Waals surface area contributed by atoms with Crippen LogP contribution in [0.1, 0.15) is 53.5 Å². The predicted molar refractivity (Wildman–Crippen MR) is 119 cm³/mol. The molecule has 0 aliphatic heterocycles. The van der Waals surface area contributed by atoms with E-state index in [1.807, 2.05) is 65.0 Å². The smallest absolute Gasteiger partial charge is 0.267 e. The lowest BCUT2D eigenvalue weighted by molar-refractivity contribution is 0.102. The molecule has 150 valence electrons. The number of nitrogens with zero attached hydrogens (tertiary/aromatic N) is 1. The fourth-order valence-electron chi connectivity index (χ4n) is 3.48. The van der Waals surface area contributed by atoms with E-state index in [1.165, 1.54) is 11.3 Å². The molecule has 2 amide bonds. The molecule has 0 saturated carbocycles. The standard InChI is InChI=1S/C23H25N3O2S/c1-12-7-13(2)11-18(10-12)21(27)26-23-24-17(6)20(29-23)22(28)25-19-15(4)8-14(3)9-16(19)5/h7-11H,1-6H3,(H,25,28)(H,24,26,27). The molecule has 0 aliphatic rings. The van der Waals surface area contributed by atoms with Crippen molar-refractivity contribution in [3.8, 4) is 0 Å². The van der Waals surface area contributed by atoms with Crippen LogP contribution in [0, 0.1) is 41.5 Å². The zero-order valence-electron chi connectivity index (χ0n) is 17.6. The first kappa shape index (κ1) is 20.7. The molecule has 0 aliphatic carbocycles. The van der Waals surface area contributed by atoms with Crippen LogP contribution in [0.4, 0.5) is 10.8 Å². The van der Waals surface area contributed by atoms with E-state index in [-0.39, 0.29) is 11.8 Å². The summed E-state index contributed by atoms with van der Waals surface area (Å²) >= 11 is 1.18. The Labute approximate surface area is 175 Å². The largest absolute Gasteiger partial charge is 0.321 e. The van der Waals surface area contributed by atoms with Crippen molar-refractivity contribution >= 4 is 34.0 Å². The minimum atomic E-state index is -0.234. The Kier molecular flexibility index (Phi) is 5.84. The normalized spacial score (nSPS) is 10.7. The van der Waals surface area contributed by atoms with Crippen molar-refractivity contribution < 1.29 is 9.59 Å². The summed E-state index contributed by atoms with van der Waals surface area (Å²) < 4.78 is 0. The zero-order chi connectivity index (χ0) is 21.3. The van der Waals surface area contributed by atoms with Gasteiger partial charge in [0.2, 0.25) is 0 Å². The highest BCUT2D eigenvalue weighted by Crippen LogP contribution is 2.27. The van der Waals surface area contributed by atoms with Crippen molar-refractivity contribution in [2.75, 3.05) is 10.6 Å². The Balaban J connectivity index is 1.79. The topological polar surface area (TPSA) is 71.1 Å². The number of carbonyl (C=O) groups excluding carboxylic acids is 2. The Bertz CT molecular complexity index is 1070. The summed E-state index contributed by atoms with van der Waals surface area (Å²) in [7, 11) is 0. The van der Waals surface area contributed by atoms with Crippen LogP contribution in [0.2, 0.25) is 0 Å². The van der Waals surface area contributed by atoms with E-state index < -0.39 is 0 Å². The second-order valence-electron chi connectivity index (χ2n) is 7.49. The molecule has 0 atom stereocenters. The van der Waals surface area contributed by atoms with Gasteiger partial charge in [-0.3, -0.25) is 14.9 Å². The lowest BCUT2D eigenvalue weighted by atomic mass is 10.1. The highest BCUT2D eigenvalue weighted by Gasteiger charge is 2.19. The molecule has 1 aromatic heterocycles. The minimum absolute atomic E-state index is 0.220. The molecular formula is C23H25N3O2S. The van der Waals surface area contributed by atoms with Gasteiger partial charge in [0.15, 0.2) is 5.13 Å². The summed E-state index contributed by atoms with van der Waals surface area (Å²) in [6, 6.07) is 9.76. The second kappa shape index (κ2) is 8.17. The SMILES string of the molecule is Cc1cc(C)cc(C(=O)Nc2nc(C)c(C(=O)Nc3c(C)cc(C)cc3C)s2)c1. The third kappa shape index (κ3) is 4.71. The Morgan fingerprint density at radius 3 is 1.90 bits per heavy atom. The first-order valence-corrected chi connectivity index (χ1v) is 10.2. The molecule has 0 unspecified atom stereocenters. The van der Waals surface area contributed by atoms with Crippen LogP contribution in [0.25, 0.3) is 0 Å².